The molecule has 0 aliphatic carbocycles. The Morgan fingerprint density at radius 3 is 2.29 bits per heavy atom. The first-order valence-corrected chi connectivity index (χ1v) is 6.73. The highest BCUT2D eigenvalue weighted by Crippen LogP contribution is 2.13. The molecule has 2 aromatic carbocycles. The van der Waals surface area contributed by atoms with Crippen LogP contribution in [0.25, 0.3) is 0 Å². The van der Waals surface area contributed by atoms with Gasteiger partial charge < -0.3 is 10.5 Å². The number of carbonyl (C=O) groups excluding carboxylic acids is 2. The molecule has 0 fully saturated rings. The van der Waals surface area contributed by atoms with Crippen LogP contribution in [0.15, 0.2) is 54.6 Å². The molecule has 0 spiro atoms. The van der Waals surface area contributed by atoms with Crippen molar-refractivity contribution in [1.29, 1.82) is 0 Å². The minimum Gasteiger partial charge on any atom is -0.386 e. The molecular formula is C17H17NO3. The summed E-state index contributed by atoms with van der Waals surface area (Å²) in [5, 5.41) is 0. The highest BCUT2D eigenvalue weighted by Gasteiger charge is 2.17. The lowest BCUT2D eigenvalue weighted by Gasteiger charge is -2.10. The summed E-state index contributed by atoms with van der Waals surface area (Å²) in [4.78, 5) is 24.0. The minimum atomic E-state index is -0.656. The molecule has 1 atom stereocenters. The van der Waals surface area contributed by atoms with Crippen molar-refractivity contribution in [2.45, 2.75) is 19.4 Å². The topological polar surface area (TPSA) is 69.4 Å². The molecule has 21 heavy (non-hydrogen) atoms. The molecule has 2 rings (SSSR count). The maximum Gasteiger partial charge on any atom is 0.346 e. The van der Waals surface area contributed by atoms with Crippen molar-refractivity contribution in [3.8, 4) is 0 Å². The van der Waals surface area contributed by atoms with Gasteiger partial charge >= 0.3 is 11.9 Å². The third-order valence-electron chi connectivity index (χ3n) is 2.97. The van der Waals surface area contributed by atoms with Crippen LogP contribution in [0.5, 0.6) is 0 Å². The van der Waals surface area contributed by atoms with Crippen LogP contribution in [0.1, 0.15) is 33.2 Å². The maximum atomic E-state index is 12.1. The molecule has 0 radical (unpaired) electrons. The summed E-state index contributed by atoms with van der Waals surface area (Å²) in [6.07, 6.45) is 0.546. The Morgan fingerprint density at radius 1 is 1.00 bits per heavy atom. The van der Waals surface area contributed by atoms with Crippen LogP contribution in [0.3, 0.4) is 0 Å². The third-order valence-corrected chi connectivity index (χ3v) is 2.97. The molecule has 0 aliphatic rings. The van der Waals surface area contributed by atoms with E-state index in [9.17, 15) is 9.59 Å². The van der Waals surface area contributed by atoms with E-state index in [0.29, 0.717) is 17.5 Å². The van der Waals surface area contributed by atoms with Gasteiger partial charge in [-0.15, -0.1) is 0 Å². The lowest BCUT2D eigenvalue weighted by atomic mass is 10.0. The van der Waals surface area contributed by atoms with Gasteiger partial charge in [-0.2, -0.15) is 0 Å². The molecule has 0 saturated carbocycles. The summed E-state index contributed by atoms with van der Waals surface area (Å²) in [6, 6.07) is 15.3. The standard InChI is InChI=1S/C17H17NO3/c1-12(18)11-14-9-5-6-10-15(14)17(20)21-16(19)13-7-3-2-4-8-13/h2-10,12H,11,18H2,1H3. The molecular weight excluding hydrogens is 266 g/mol. The zero-order chi connectivity index (χ0) is 15.2. The predicted molar refractivity (Wildman–Crippen MR) is 80.0 cm³/mol. The largest absolute Gasteiger partial charge is 0.386 e. The van der Waals surface area contributed by atoms with Crippen LogP contribution in [0, 0.1) is 0 Å². The van der Waals surface area contributed by atoms with E-state index < -0.39 is 11.9 Å². The van der Waals surface area contributed by atoms with Gasteiger partial charge in [0, 0.05) is 6.04 Å². The first-order chi connectivity index (χ1) is 10.1. The second-order valence-corrected chi connectivity index (χ2v) is 4.88. The normalized spacial score (nSPS) is 11.7. The number of ether oxygens (including phenoxy) is 1. The minimum absolute atomic E-state index is 0.0798. The van der Waals surface area contributed by atoms with Gasteiger partial charge in [0.2, 0.25) is 0 Å². The van der Waals surface area contributed by atoms with E-state index in [-0.39, 0.29) is 6.04 Å². The number of hydrogen-bond donors (Lipinski definition) is 1. The Hall–Kier alpha value is -2.46. The Bertz CT molecular complexity index is 635. The van der Waals surface area contributed by atoms with Gasteiger partial charge in [0.25, 0.3) is 0 Å². The van der Waals surface area contributed by atoms with E-state index in [4.69, 9.17) is 10.5 Å². The van der Waals surface area contributed by atoms with Crippen molar-refractivity contribution in [3.05, 3.63) is 71.3 Å². The summed E-state index contributed by atoms with van der Waals surface area (Å²) in [7, 11) is 0. The van der Waals surface area contributed by atoms with E-state index in [1.807, 2.05) is 19.1 Å². The smallest absolute Gasteiger partial charge is 0.346 e. The third kappa shape index (κ3) is 4.00. The fourth-order valence-corrected chi connectivity index (χ4v) is 2.02. The summed E-state index contributed by atoms with van der Waals surface area (Å²) >= 11 is 0. The average molecular weight is 283 g/mol. The Morgan fingerprint density at radius 2 is 1.62 bits per heavy atom. The molecule has 4 nitrogen and oxygen atoms in total. The van der Waals surface area contributed by atoms with Crippen molar-refractivity contribution in [1.82, 2.24) is 0 Å². The summed E-state index contributed by atoms with van der Waals surface area (Å²) < 4.78 is 4.93. The van der Waals surface area contributed by atoms with Crippen LogP contribution in [-0.2, 0) is 11.2 Å². The molecule has 4 heteroatoms. The lowest BCUT2D eigenvalue weighted by Crippen LogP contribution is -2.21. The van der Waals surface area contributed by atoms with E-state index >= 15 is 0 Å². The Labute approximate surface area is 123 Å². The van der Waals surface area contributed by atoms with Crippen molar-refractivity contribution < 1.29 is 14.3 Å². The van der Waals surface area contributed by atoms with Crippen molar-refractivity contribution in [3.63, 3.8) is 0 Å². The van der Waals surface area contributed by atoms with Crippen molar-refractivity contribution >= 4 is 11.9 Å². The number of hydrogen-bond acceptors (Lipinski definition) is 4. The molecule has 0 aliphatic heterocycles. The molecule has 1 unspecified atom stereocenters. The van der Waals surface area contributed by atoms with Gasteiger partial charge in [-0.3, -0.25) is 0 Å². The summed E-state index contributed by atoms with van der Waals surface area (Å²) in [6.45, 7) is 1.86. The average Bonchev–Trinajstić information content (AvgIpc) is 2.48. The monoisotopic (exact) mass is 283 g/mol. The quantitative estimate of drug-likeness (QED) is 0.691. The second-order valence-electron chi connectivity index (χ2n) is 4.88. The van der Waals surface area contributed by atoms with E-state index in [2.05, 4.69) is 0 Å². The van der Waals surface area contributed by atoms with Gasteiger partial charge in [0.15, 0.2) is 0 Å². The van der Waals surface area contributed by atoms with Crippen LogP contribution in [-0.4, -0.2) is 18.0 Å². The number of nitrogens with two attached hydrogens (primary N) is 1. The molecule has 2 N–H and O–H groups in total. The highest BCUT2D eigenvalue weighted by molar-refractivity contribution is 6.03. The Balaban J connectivity index is 2.16. The zero-order valence-corrected chi connectivity index (χ0v) is 11.8. The molecule has 0 aromatic heterocycles. The maximum absolute atomic E-state index is 12.1. The number of benzene rings is 2. The zero-order valence-electron chi connectivity index (χ0n) is 11.8. The van der Waals surface area contributed by atoms with Crippen molar-refractivity contribution in [2.75, 3.05) is 0 Å². The Kier molecular flexibility index (Phi) is 4.85. The van der Waals surface area contributed by atoms with E-state index in [1.54, 1.807) is 42.5 Å². The summed E-state index contributed by atoms with van der Waals surface area (Å²) in [5.41, 5.74) is 7.26. The number of rotatable bonds is 4. The van der Waals surface area contributed by atoms with Gasteiger partial charge in [-0.25, -0.2) is 9.59 Å². The fraction of sp³-hybridized carbons (Fsp3) is 0.176. The molecule has 2 aromatic rings. The SMILES string of the molecule is CC(N)Cc1ccccc1C(=O)OC(=O)c1ccccc1. The van der Waals surface area contributed by atoms with Gasteiger partial charge in [-0.1, -0.05) is 36.4 Å². The molecule has 0 amide bonds. The van der Waals surface area contributed by atoms with Gasteiger partial charge in [0.05, 0.1) is 11.1 Å². The summed E-state index contributed by atoms with van der Waals surface area (Å²) in [5.74, 6) is -1.31. The van der Waals surface area contributed by atoms with Gasteiger partial charge in [-0.05, 0) is 37.1 Å². The predicted octanol–water partition coefficient (Wildman–Crippen LogP) is 2.57. The van der Waals surface area contributed by atoms with Crippen LogP contribution in [0.4, 0.5) is 0 Å². The molecule has 108 valence electrons. The molecule has 0 bridgehead atoms. The second kappa shape index (κ2) is 6.81. The van der Waals surface area contributed by atoms with E-state index in [1.165, 1.54) is 0 Å². The number of esters is 2. The fourth-order valence-electron chi connectivity index (χ4n) is 2.02. The first-order valence-electron chi connectivity index (χ1n) is 6.73. The molecule has 0 saturated heterocycles. The van der Waals surface area contributed by atoms with Crippen LogP contribution >= 0.6 is 0 Å². The van der Waals surface area contributed by atoms with Crippen LogP contribution < -0.4 is 5.73 Å². The molecule has 0 heterocycles. The van der Waals surface area contributed by atoms with Gasteiger partial charge in [0.1, 0.15) is 0 Å². The number of carbonyl (C=O) groups is 2. The van der Waals surface area contributed by atoms with Crippen LogP contribution in [0.2, 0.25) is 0 Å². The van der Waals surface area contributed by atoms with E-state index in [0.717, 1.165) is 5.56 Å². The highest BCUT2D eigenvalue weighted by atomic mass is 16.6. The van der Waals surface area contributed by atoms with Crippen molar-refractivity contribution in [2.24, 2.45) is 5.73 Å². The first kappa shape index (κ1) is 14.9. The lowest BCUT2D eigenvalue weighted by molar-refractivity contribution is 0.0397.